The summed E-state index contributed by atoms with van der Waals surface area (Å²) in [6.45, 7) is 7.36. The highest BCUT2D eigenvalue weighted by Gasteiger charge is 2.53. The van der Waals surface area contributed by atoms with Crippen LogP contribution in [0.2, 0.25) is 0 Å². The van der Waals surface area contributed by atoms with Gasteiger partial charge in [-0.05, 0) is 26.2 Å². The normalized spacial score (nSPS) is 37.3. The van der Waals surface area contributed by atoms with Gasteiger partial charge >= 0.3 is 0 Å². The van der Waals surface area contributed by atoms with Crippen molar-refractivity contribution < 1.29 is 14.3 Å². The molecule has 0 aromatic heterocycles. The Balaban J connectivity index is 1.32. The van der Waals surface area contributed by atoms with Gasteiger partial charge in [0.1, 0.15) is 6.04 Å². The fourth-order valence-electron chi connectivity index (χ4n) is 4.44. The molecule has 0 spiro atoms. The lowest BCUT2D eigenvalue weighted by atomic mass is 10.1. The molecule has 0 bridgehead atoms. The lowest BCUT2D eigenvalue weighted by molar-refractivity contribution is -0.145. The Hall–Kier alpha value is -0.790. The molecule has 4 aliphatic heterocycles. The van der Waals surface area contributed by atoms with Gasteiger partial charge < -0.3 is 14.5 Å². The van der Waals surface area contributed by atoms with Crippen LogP contribution in [-0.4, -0.2) is 88.6 Å². The second-order valence-electron chi connectivity index (χ2n) is 7.53. The number of rotatable bonds is 3. The topological polar surface area (TPSA) is 53.1 Å². The Morgan fingerprint density at radius 2 is 2.12 bits per heavy atom. The molecule has 0 N–H and O–H groups in total. The number of nitrogens with zero attached hydrogens (tertiary/aromatic N) is 3. The molecule has 0 radical (unpaired) electrons. The van der Waals surface area contributed by atoms with Crippen LogP contribution in [-0.2, 0) is 14.3 Å². The number of piperazine rings is 1. The summed E-state index contributed by atoms with van der Waals surface area (Å²) in [4.78, 5) is 31.3. The molecular weight excluding hydrogens is 326 g/mol. The highest BCUT2D eigenvalue weighted by molar-refractivity contribution is 8.01. The monoisotopic (exact) mass is 353 g/mol. The smallest absolute Gasteiger partial charge is 0.246 e. The van der Waals surface area contributed by atoms with Crippen LogP contribution in [0.1, 0.15) is 32.6 Å². The number of carbonyl (C=O) groups excluding carboxylic acids is 2. The van der Waals surface area contributed by atoms with Gasteiger partial charge in [-0.3, -0.25) is 14.5 Å². The van der Waals surface area contributed by atoms with Crippen molar-refractivity contribution >= 4 is 23.6 Å². The van der Waals surface area contributed by atoms with Gasteiger partial charge in [-0.25, -0.2) is 0 Å². The Bertz CT molecular complexity index is 517. The van der Waals surface area contributed by atoms with E-state index in [4.69, 9.17) is 4.74 Å². The number of hydrogen-bond donors (Lipinski definition) is 0. The molecule has 6 nitrogen and oxygen atoms in total. The molecule has 0 aromatic carbocycles. The maximum atomic E-state index is 13.0. The summed E-state index contributed by atoms with van der Waals surface area (Å²) in [5.41, 5.74) is 0. The predicted molar refractivity (Wildman–Crippen MR) is 92.7 cm³/mol. The first kappa shape index (κ1) is 16.7. The van der Waals surface area contributed by atoms with Crippen LogP contribution in [0.25, 0.3) is 0 Å². The molecule has 7 heteroatoms. The number of fused-ring (bicyclic) bond motifs is 1. The first-order chi connectivity index (χ1) is 11.6. The van der Waals surface area contributed by atoms with Gasteiger partial charge in [-0.1, -0.05) is 0 Å². The second-order valence-corrected chi connectivity index (χ2v) is 9.03. The maximum Gasteiger partial charge on any atom is 0.246 e. The SMILES string of the molecule is CC12CCC(=O)N1C(C(=O)N1CCN(CC3CCCO3)CC1)CS2. The van der Waals surface area contributed by atoms with Crippen molar-refractivity contribution in [2.24, 2.45) is 0 Å². The zero-order valence-corrected chi connectivity index (χ0v) is 15.2. The first-order valence-electron chi connectivity index (χ1n) is 9.16. The fraction of sp³-hybridized carbons (Fsp3) is 0.882. The minimum atomic E-state index is -0.250. The molecule has 3 unspecified atom stereocenters. The van der Waals surface area contributed by atoms with Crippen molar-refractivity contribution in [2.45, 2.75) is 49.6 Å². The number of thioether (sulfide) groups is 1. The van der Waals surface area contributed by atoms with E-state index < -0.39 is 0 Å². The Morgan fingerprint density at radius 1 is 1.33 bits per heavy atom. The van der Waals surface area contributed by atoms with Crippen LogP contribution >= 0.6 is 11.8 Å². The number of ether oxygens (including phenoxy) is 1. The van der Waals surface area contributed by atoms with E-state index in [1.807, 2.05) is 9.80 Å². The van der Waals surface area contributed by atoms with Gasteiger partial charge in [0, 0.05) is 51.5 Å². The van der Waals surface area contributed by atoms with Crippen LogP contribution in [0.3, 0.4) is 0 Å². The molecule has 2 amide bonds. The van der Waals surface area contributed by atoms with E-state index in [1.165, 1.54) is 6.42 Å². The lowest BCUT2D eigenvalue weighted by Gasteiger charge is -2.38. The van der Waals surface area contributed by atoms with Crippen molar-refractivity contribution in [3.8, 4) is 0 Å². The third-order valence-corrected chi connectivity index (χ3v) is 7.40. The van der Waals surface area contributed by atoms with Crippen LogP contribution in [0.15, 0.2) is 0 Å². The van der Waals surface area contributed by atoms with E-state index in [0.29, 0.717) is 12.5 Å². The molecule has 4 fully saturated rings. The summed E-state index contributed by atoms with van der Waals surface area (Å²) < 4.78 is 5.71. The largest absolute Gasteiger partial charge is 0.377 e. The highest BCUT2D eigenvalue weighted by Crippen LogP contribution is 2.47. The van der Waals surface area contributed by atoms with Gasteiger partial charge in [0.2, 0.25) is 11.8 Å². The average molecular weight is 353 g/mol. The molecular formula is C17H27N3O3S. The fourth-order valence-corrected chi connectivity index (χ4v) is 5.86. The highest BCUT2D eigenvalue weighted by atomic mass is 32.2. The van der Waals surface area contributed by atoms with E-state index in [-0.39, 0.29) is 22.7 Å². The molecule has 3 atom stereocenters. The van der Waals surface area contributed by atoms with E-state index in [2.05, 4.69) is 11.8 Å². The molecule has 24 heavy (non-hydrogen) atoms. The quantitative estimate of drug-likeness (QED) is 0.750. The zero-order chi connectivity index (χ0) is 16.7. The lowest BCUT2D eigenvalue weighted by Crippen LogP contribution is -2.56. The van der Waals surface area contributed by atoms with E-state index >= 15 is 0 Å². The maximum absolute atomic E-state index is 13.0. The van der Waals surface area contributed by atoms with Gasteiger partial charge in [-0.15, -0.1) is 11.8 Å². The molecule has 4 aliphatic rings. The number of amides is 2. The first-order valence-corrected chi connectivity index (χ1v) is 10.1. The molecule has 4 rings (SSSR count). The molecule has 0 aliphatic carbocycles. The van der Waals surface area contributed by atoms with Crippen LogP contribution in [0, 0.1) is 0 Å². The summed E-state index contributed by atoms with van der Waals surface area (Å²) >= 11 is 1.77. The van der Waals surface area contributed by atoms with Crippen LogP contribution < -0.4 is 0 Å². The van der Waals surface area contributed by atoms with Gasteiger partial charge in [0.05, 0.1) is 11.0 Å². The summed E-state index contributed by atoms with van der Waals surface area (Å²) in [6.07, 6.45) is 4.17. The predicted octanol–water partition coefficient (Wildman–Crippen LogP) is 0.764. The van der Waals surface area contributed by atoms with Crippen LogP contribution in [0.4, 0.5) is 0 Å². The molecule has 4 saturated heterocycles. The summed E-state index contributed by atoms with van der Waals surface area (Å²) in [6, 6.07) is -0.250. The van der Waals surface area contributed by atoms with Gasteiger partial charge in [-0.2, -0.15) is 0 Å². The second kappa shape index (κ2) is 6.50. The van der Waals surface area contributed by atoms with Crippen molar-refractivity contribution in [1.29, 1.82) is 0 Å². The summed E-state index contributed by atoms with van der Waals surface area (Å²) in [5.74, 6) is 1.05. The van der Waals surface area contributed by atoms with Crippen molar-refractivity contribution in [3.63, 3.8) is 0 Å². The van der Waals surface area contributed by atoms with Crippen LogP contribution in [0.5, 0.6) is 0 Å². The molecule has 134 valence electrons. The molecule has 0 saturated carbocycles. The Morgan fingerprint density at radius 3 is 2.83 bits per heavy atom. The molecule has 0 aromatic rings. The van der Waals surface area contributed by atoms with Gasteiger partial charge in [0.15, 0.2) is 0 Å². The average Bonchev–Trinajstić information content (AvgIpc) is 3.26. The van der Waals surface area contributed by atoms with E-state index in [1.54, 1.807) is 11.8 Å². The standard InChI is InChI=1S/C17H27N3O3S/c1-17-5-4-15(21)20(17)14(12-24-17)16(22)19-8-6-18(7-9-19)11-13-3-2-10-23-13/h13-14H,2-12H2,1H3. The van der Waals surface area contributed by atoms with E-state index in [0.717, 1.165) is 57.9 Å². The minimum absolute atomic E-state index is 0.151. The third-order valence-electron chi connectivity index (χ3n) is 5.90. The van der Waals surface area contributed by atoms with Crippen molar-refractivity contribution in [1.82, 2.24) is 14.7 Å². The van der Waals surface area contributed by atoms with E-state index in [9.17, 15) is 9.59 Å². The number of carbonyl (C=O) groups is 2. The summed E-state index contributed by atoms with van der Waals surface area (Å²) in [5, 5.41) is 0. The summed E-state index contributed by atoms with van der Waals surface area (Å²) in [7, 11) is 0. The van der Waals surface area contributed by atoms with Crippen molar-refractivity contribution in [2.75, 3.05) is 45.1 Å². The Labute approximate surface area is 147 Å². The van der Waals surface area contributed by atoms with Gasteiger partial charge in [0.25, 0.3) is 0 Å². The third kappa shape index (κ3) is 2.95. The van der Waals surface area contributed by atoms with Crippen molar-refractivity contribution in [3.05, 3.63) is 0 Å². The minimum Gasteiger partial charge on any atom is -0.377 e. The zero-order valence-electron chi connectivity index (χ0n) is 14.4. The Kier molecular flexibility index (Phi) is 4.51. The molecule has 4 heterocycles. The number of hydrogen-bond acceptors (Lipinski definition) is 5.